The molecule has 0 aromatic heterocycles. The van der Waals surface area contributed by atoms with Gasteiger partial charge in [-0.05, 0) is 23.6 Å². The van der Waals surface area contributed by atoms with E-state index >= 15 is 0 Å². The number of hydrogen-bond donors (Lipinski definition) is 0. The highest BCUT2D eigenvalue weighted by Crippen LogP contribution is 1.96. The molecule has 0 aliphatic carbocycles. The highest BCUT2D eigenvalue weighted by Gasteiger charge is 2.01. The molecule has 0 unspecified atom stereocenters. The van der Waals surface area contributed by atoms with Crippen molar-refractivity contribution in [2.45, 2.75) is 33.1 Å². The molecule has 0 spiro atoms. The molecule has 0 aliphatic heterocycles. The summed E-state index contributed by atoms with van der Waals surface area (Å²) in [6.45, 7) is 5.27. The number of hydrogen-bond acceptors (Lipinski definition) is 1. The summed E-state index contributed by atoms with van der Waals surface area (Å²) in [4.78, 5) is 0. The minimum Gasteiger partial charge on any atom is -0.411 e. The van der Waals surface area contributed by atoms with E-state index in [-0.39, 0.29) is 0 Å². The summed E-state index contributed by atoms with van der Waals surface area (Å²) in [5.41, 5.74) is 1.42. The molecular weight excluding hydrogens is 188 g/mol. The topological polar surface area (TPSA) is 9.23 Å². The summed E-state index contributed by atoms with van der Waals surface area (Å²) in [5, 5.41) is 1.37. The lowest BCUT2D eigenvalue weighted by Gasteiger charge is -2.06. The van der Waals surface area contributed by atoms with Crippen molar-refractivity contribution in [1.29, 1.82) is 0 Å². The molecule has 1 aromatic rings. The predicted octanol–water partition coefficient (Wildman–Crippen LogP) is 2.31. The third kappa shape index (κ3) is 3.64. The van der Waals surface area contributed by atoms with Gasteiger partial charge in [0, 0.05) is 6.61 Å². The van der Waals surface area contributed by atoms with Crippen LogP contribution >= 0.6 is 0 Å². The molecule has 0 fully saturated rings. The largest absolute Gasteiger partial charge is 0.411 e. The fraction of sp³-hybridized carbons (Fsp3) is 0.500. The van der Waals surface area contributed by atoms with Crippen LogP contribution in [-0.2, 0) is 10.8 Å². The molecule has 14 heavy (non-hydrogen) atoms. The van der Waals surface area contributed by atoms with E-state index in [2.05, 4.69) is 38.1 Å². The second-order valence-corrected chi connectivity index (χ2v) is 4.35. The van der Waals surface area contributed by atoms with Crippen LogP contribution in [0.15, 0.2) is 24.3 Å². The molecule has 1 rings (SSSR count). The Bertz CT molecular complexity index is 260. The number of rotatable bonds is 6. The highest BCUT2D eigenvalue weighted by molar-refractivity contribution is 6.47. The van der Waals surface area contributed by atoms with Crippen LogP contribution in [0, 0.1) is 0 Å². The van der Waals surface area contributed by atoms with Crippen molar-refractivity contribution in [2.24, 2.45) is 0 Å². The fourth-order valence-electron chi connectivity index (χ4n) is 1.27. The summed E-state index contributed by atoms with van der Waals surface area (Å²) in [7, 11) is 0.520. The highest BCUT2D eigenvalue weighted by atomic mass is 28.2. The lowest BCUT2D eigenvalue weighted by Crippen LogP contribution is -2.21. The van der Waals surface area contributed by atoms with Gasteiger partial charge in [0.25, 0.3) is 9.76 Å². The predicted molar refractivity (Wildman–Crippen MR) is 62.1 cm³/mol. The Balaban J connectivity index is 2.41. The van der Waals surface area contributed by atoms with Crippen LogP contribution in [-0.4, -0.2) is 16.4 Å². The van der Waals surface area contributed by atoms with Crippen LogP contribution in [0.3, 0.4) is 0 Å². The lowest BCUT2D eigenvalue weighted by molar-refractivity contribution is 0.332. The Labute approximate surface area is 89.4 Å². The molecule has 0 saturated carbocycles. The Morgan fingerprint density at radius 3 is 2.71 bits per heavy atom. The standard InChI is InChI=1S/C12H18OSi/c1-3-5-10-13-14-12-9-7-6-8-11(12)4-2/h6-9H,3-5,10H2,1-2H3. The molecule has 2 heteroatoms. The number of unbranched alkanes of at least 4 members (excludes halogenated alkanes) is 1. The quantitative estimate of drug-likeness (QED) is 0.513. The first-order valence-corrected chi connectivity index (χ1v) is 6.25. The van der Waals surface area contributed by atoms with Crippen LogP contribution < -0.4 is 5.19 Å². The van der Waals surface area contributed by atoms with E-state index in [1.54, 1.807) is 0 Å². The number of benzene rings is 1. The van der Waals surface area contributed by atoms with Gasteiger partial charge in [-0.2, -0.15) is 0 Å². The Hall–Kier alpha value is -0.603. The normalized spacial score (nSPS) is 10.4. The summed E-state index contributed by atoms with van der Waals surface area (Å²) in [6.07, 6.45) is 3.47. The first-order valence-electron chi connectivity index (χ1n) is 5.34. The third-order valence-electron chi connectivity index (χ3n) is 2.18. The monoisotopic (exact) mass is 206 g/mol. The molecule has 1 aromatic carbocycles. The van der Waals surface area contributed by atoms with Gasteiger partial charge in [0.1, 0.15) is 0 Å². The van der Waals surface area contributed by atoms with Crippen molar-refractivity contribution < 1.29 is 4.43 Å². The Kier molecular flexibility index (Phi) is 5.57. The van der Waals surface area contributed by atoms with Gasteiger partial charge in [-0.3, -0.25) is 0 Å². The maximum atomic E-state index is 5.63. The summed E-state index contributed by atoms with van der Waals surface area (Å²) in [5.74, 6) is 0. The molecule has 76 valence electrons. The van der Waals surface area contributed by atoms with Crippen molar-refractivity contribution in [1.82, 2.24) is 0 Å². The minimum atomic E-state index is 0.520. The van der Waals surface area contributed by atoms with E-state index in [0.29, 0.717) is 9.76 Å². The molecular formula is C12H18OSi. The van der Waals surface area contributed by atoms with Gasteiger partial charge < -0.3 is 4.43 Å². The second-order valence-electron chi connectivity index (χ2n) is 3.31. The molecule has 0 heterocycles. The average molecular weight is 206 g/mol. The van der Waals surface area contributed by atoms with E-state index < -0.39 is 0 Å². The fourth-order valence-corrected chi connectivity index (χ4v) is 2.23. The van der Waals surface area contributed by atoms with Crippen LogP contribution in [0.4, 0.5) is 0 Å². The lowest BCUT2D eigenvalue weighted by atomic mass is 10.2. The van der Waals surface area contributed by atoms with E-state index in [1.807, 2.05) is 0 Å². The summed E-state index contributed by atoms with van der Waals surface area (Å²) < 4.78 is 5.63. The van der Waals surface area contributed by atoms with Crippen molar-refractivity contribution in [3.8, 4) is 0 Å². The van der Waals surface area contributed by atoms with Crippen LogP contribution in [0.2, 0.25) is 0 Å². The van der Waals surface area contributed by atoms with Gasteiger partial charge in [-0.25, -0.2) is 0 Å². The zero-order valence-corrected chi connectivity index (χ0v) is 10.0. The molecule has 2 radical (unpaired) electrons. The summed E-state index contributed by atoms with van der Waals surface area (Å²) >= 11 is 0. The maximum Gasteiger partial charge on any atom is 0.268 e. The first kappa shape index (κ1) is 11.5. The van der Waals surface area contributed by atoms with Gasteiger partial charge in [-0.1, -0.05) is 44.5 Å². The molecule has 1 nitrogen and oxygen atoms in total. The Morgan fingerprint density at radius 2 is 2.00 bits per heavy atom. The van der Waals surface area contributed by atoms with Gasteiger partial charge in [0.05, 0.1) is 0 Å². The van der Waals surface area contributed by atoms with Crippen LogP contribution in [0.1, 0.15) is 32.3 Å². The smallest absolute Gasteiger partial charge is 0.268 e. The van der Waals surface area contributed by atoms with E-state index in [4.69, 9.17) is 4.43 Å². The Morgan fingerprint density at radius 1 is 1.21 bits per heavy atom. The van der Waals surface area contributed by atoms with Gasteiger partial charge in [-0.15, -0.1) is 0 Å². The van der Waals surface area contributed by atoms with Crippen molar-refractivity contribution >= 4 is 14.9 Å². The SMILES string of the molecule is CCCCO[Si]c1ccccc1CC. The number of aryl methyl sites for hydroxylation is 1. The minimum absolute atomic E-state index is 0.520. The molecule has 0 saturated heterocycles. The molecule has 0 amide bonds. The van der Waals surface area contributed by atoms with Crippen LogP contribution in [0.5, 0.6) is 0 Å². The molecule has 0 N–H and O–H groups in total. The van der Waals surface area contributed by atoms with E-state index in [0.717, 1.165) is 13.0 Å². The third-order valence-corrected chi connectivity index (χ3v) is 3.24. The maximum absolute atomic E-state index is 5.63. The van der Waals surface area contributed by atoms with Gasteiger partial charge >= 0.3 is 0 Å². The van der Waals surface area contributed by atoms with Crippen molar-refractivity contribution in [3.05, 3.63) is 29.8 Å². The van der Waals surface area contributed by atoms with Crippen molar-refractivity contribution in [3.63, 3.8) is 0 Å². The van der Waals surface area contributed by atoms with Crippen LogP contribution in [0.25, 0.3) is 0 Å². The zero-order valence-electron chi connectivity index (χ0n) is 9.05. The molecule has 0 aliphatic rings. The van der Waals surface area contributed by atoms with E-state index in [9.17, 15) is 0 Å². The summed E-state index contributed by atoms with van der Waals surface area (Å²) in [6, 6.07) is 8.54. The zero-order chi connectivity index (χ0) is 10.2. The molecule has 0 bridgehead atoms. The first-order chi connectivity index (χ1) is 6.88. The van der Waals surface area contributed by atoms with Crippen molar-refractivity contribution in [2.75, 3.05) is 6.61 Å². The van der Waals surface area contributed by atoms with Gasteiger partial charge in [0.2, 0.25) is 0 Å². The van der Waals surface area contributed by atoms with E-state index in [1.165, 1.54) is 23.6 Å². The van der Waals surface area contributed by atoms with Gasteiger partial charge in [0.15, 0.2) is 0 Å². The average Bonchev–Trinajstić information content (AvgIpc) is 2.25. The second kappa shape index (κ2) is 6.79. The molecule has 0 atom stereocenters.